The van der Waals surface area contributed by atoms with E-state index in [1.54, 1.807) is 38.1 Å². The van der Waals surface area contributed by atoms with Crippen LogP contribution in [0.4, 0.5) is 5.69 Å². The van der Waals surface area contributed by atoms with E-state index in [9.17, 15) is 8.42 Å². The molecule has 0 fully saturated rings. The van der Waals surface area contributed by atoms with Gasteiger partial charge in [0.2, 0.25) is 6.79 Å². The van der Waals surface area contributed by atoms with Crippen molar-refractivity contribution in [3.8, 4) is 11.5 Å². The SMILES string of the molecule is Cc1cc(Cl)c(C)c(S(=O)(=O)Nc2ccc3c(c2)OCO3)c1Cl. The molecule has 1 heterocycles. The lowest BCUT2D eigenvalue weighted by molar-refractivity contribution is 0.174. The molecular formula is C15H13Cl2NO4S. The van der Waals surface area contributed by atoms with Crippen LogP contribution in [0.15, 0.2) is 29.2 Å². The summed E-state index contributed by atoms with van der Waals surface area (Å²) in [6.45, 7) is 3.43. The van der Waals surface area contributed by atoms with Crippen LogP contribution in [0, 0.1) is 13.8 Å². The first-order chi connectivity index (χ1) is 10.8. The Morgan fingerprint density at radius 3 is 2.52 bits per heavy atom. The first-order valence-corrected chi connectivity index (χ1v) is 8.91. The van der Waals surface area contributed by atoms with Crippen molar-refractivity contribution in [3.63, 3.8) is 0 Å². The number of benzene rings is 2. The molecule has 0 atom stereocenters. The molecule has 0 radical (unpaired) electrons. The maximum atomic E-state index is 12.7. The molecule has 3 rings (SSSR count). The molecule has 0 aliphatic carbocycles. The molecule has 8 heteroatoms. The third-order valence-electron chi connectivity index (χ3n) is 3.48. The number of halogens is 2. The van der Waals surface area contributed by atoms with Crippen LogP contribution in [-0.4, -0.2) is 15.2 Å². The summed E-state index contributed by atoms with van der Waals surface area (Å²) in [5.41, 5.74) is 1.34. The van der Waals surface area contributed by atoms with Crippen molar-refractivity contribution >= 4 is 38.9 Å². The number of hydrogen-bond acceptors (Lipinski definition) is 4. The van der Waals surface area contributed by atoms with Gasteiger partial charge in [-0.3, -0.25) is 4.72 Å². The van der Waals surface area contributed by atoms with Crippen molar-refractivity contribution in [2.75, 3.05) is 11.5 Å². The highest BCUT2D eigenvalue weighted by Crippen LogP contribution is 2.37. The fraction of sp³-hybridized carbons (Fsp3) is 0.200. The van der Waals surface area contributed by atoms with Gasteiger partial charge in [-0.1, -0.05) is 23.2 Å². The first-order valence-electron chi connectivity index (χ1n) is 6.67. The van der Waals surface area contributed by atoms with Crippen molar-refractivity contribution in [1.29, 1.82) is 0 Å². The van der Waals surface area contributed by atoms with Crippen LogP contribution >= 0.6 is 23.2 Å². The van der Waals surface area contributed by atoms with E-state index < -0.39 is 10.0 Å². The van der Waals surface area contributed by atoms with Gasteiger partial charge in [-0.2, -0.15) is 0 Å². The zero-order chi connectivity index (χ0) is 16.8. The molecular weight excluding hydrogens is 361 g/mol. The van der Waals surface area contributed by atoms with Gasteiger partial charge in [-0.15, -0.1) is 0 Å². The summed E-state index contributed by atoms with van der Waals surface area (Å²) in [6.07, 6.45) is 0. The number of rotatable bonds is 3. The van der Waals surface area contributed by atoms with Crippen molar-refractivity contribution in [3.05, 3.63) is 45.4 Å². The minimum absolute atomic E-state index is 0.0261. The summed E-state index contributed by atoms with van der Waals surface area (Å²) >= 11 is 12.3. The number of nitrogens with one attached hydrogen (secondary N) is 1. The van der Waals surface area contributed by atoms with E-state index in [0.29, 0.717) is 33.3 Å². The fourth-order valence-electron chi connectivity index (χ4n) is 2.30. The summed E-state index contributed by atoms with van der Waals surface area (Å²) < 4.78 is 38.4. The van der Waals surface area contributed by atoms with Crippen LogP contribution in [0.25, 0.3) is 0 Å². The summed E-state index contributed by atoms with van der Waals surface area (Å²) in [6, 6.07) is 6.42. The van der Waals surface area contributed by atoms with E-state index in [4.69, 9.17) is 32.7 Å². The predicted molar refractivity (Wildman–Crippen MR) is 89.3 cm³/mol. The lowest BCUT2D eigenvalue weighted by Gasteiger charge is -2.15. The molecule has 0 unspecified atom stereocenters. The molecule has 1 aliphatic heterocycles. The molecule has 0 amide bonds. The van der Waals surface area contributed by atoms with E-state index in [-0.39, 0.29) is 16.7 Å². The van der Waals surface area contributed by atoms with Gasteiger partial charge in [0.1, 0.15) is 4.90 Å². The van der Waals surface area contributed by atoms with Gasteiger partial charge in [0.05, 0.1) is 10.7 Å². The molecule has 0 aromatic heterocycles. The van der Waals surface area contributed by atoms with Crippen LogP contribution in [-0.2, 0) is 10.0 Å². The number of ether oxygens (including phenoxy) is 2. The highest BCUT2D eigenvalue weighted by atomic mass is 35.5. The molecule has 0 saturated carbocycles. The zero-order valence-electron chi connectivity index (χ0n) is 12.3. The molecule has 2 aromatic carbocycles. The Morgan fingerprint density at radius 1 is 1.09 bits per heavy atom. The van der Waals surface area contributed by atoms with Crippen LogP contribution in [0.1, 0.15) is 11.1 Å². The van der Waals surface area contributed by atoms with Gasteiger partial charge >= 0.3 is 0 Å². The second-order valence-corrected chi connectivity index (χ2v) is 7.52. The molecule has 1 aliphatic rings. The Hall–Kier alpha value is -1.63. The first kappa shape index (κ1) is 16.2. The molecule has 1 N–H and O–H groups in total. The predicted octanol–water partition coefficient (Wildman–Crippen LogP) is 4.14. The lowest BCUT2D eigenvalue weighted by Crippen LogP contribution is -2.15. The summed E-state index contributed by atoms with van der Waals surface area (Å²) in [5, 5.41) is 0.498. The van der Waals surface area contributed by atoms with E-state index in [1.807, 2.05) is 0 Å². The quantitative estimate of drug-likeness (QED) is 0.877. The van der Waals surface area contributed by atoms with Gasteiger partial charge < -0.3 is 9.47 Å². The van der Waals surface area contributed by atoms with Gasteiger partial charge in [0.25, 0.3) is 10.0 Å². The molecule has 122 valence electrons. The Kier molecular flexibility index (Phi) is 4.08. The molecule has 0 bridgehead atoms. The minimum atomic E-state index is -3.90. The lowest BCUT2D eigenvalue weighted by atomic mass is 10.2. The van der Waals surface area contributed by atoms with Crippen LogP contribution in [0.2, 0.25) is 10.0 Å². The van der Waals surface area contributed by atoms with E-state index >= 15 is 0 Å². The monoisotopic (exact) mass is 373 g/mol. The normalized spacial score (nSPS) is 13.2. The average molecular weight is 374 g/mol. The standard InChI is InChI=1S/C15H13Cl2NO4S/c1-8-5-11(16)9(2)15(14(8)17)23(19,20)18-10-3-4-12-13(6-10)22-7-21-12/h3-6,18H,7H2,1-2H3. The second-order valence-electron chi connectivity index (χ2n) is 5.12. The fourth-order valence-corrected chi connectivity index (χ4v) is 4.56. The van der Waals surface area contributed by atoms with Crippen LogP contribution in [0.5, 0.6) is 11.5 Å². The third kappa shape index (κ3) is 2.94. The molecule has 2 aromatic rings. The number of aryl methyl sites for hydroxylation is 1. The van der Waals surface area contributed by atoms with Gasteiger partial charge in [-0.05, 0) is 43.2 Å². The van der Waals surface area contributed by atoms with Crippen molar-refractivity contribution in [2.45, 2.75) is 18.7 Å². The maximum absolute atomic E-state index is 12.7. The smallest absolute Gasteiger partial charge is 0.263 e. The van der Waals surface area contributed by atoms with Crippen LogP contribution in [0.3, 0.4) is 0 Å². The molecule has 0 spiro atoms. The van der Waals surface area contributed by atoms with E-state index in [2.05, 4.69) is 4.72 Å². The topological polar surface area (TPSA) is 64.6 Å². The maximum Gasteiger partial charge on any atom is 0.263 e. The number of anilines is 1. The van der Waals surface area contributed by atoms with Crippen molar-refractivity contribution in [1.82, 2.24) is 0 Å². The average Bonchev–Trinajstić information content (AvgIpc) is 2.92. The summed E-state index contributed by atoms with van der Waals surface area (Å²) in [7, 11) is -3.90. The van der Waals surface area contributed by atoms with Gasteiger partial charge in [0.15, 0.2) is 11.5 Å². The van der Waals surface area contributed by atoms with E-state index in [0.717, 1.165) is 0 Å². The Bertz CT molecular complexity index is 871. The highest BCUT2D eigenvalue weighted by molar-refractivity contribution is 7.93. The summed E-state index contributed by atoms with van der Waals surface area (Å²) in [4.78, 5) is -0.0261. The molecule has 5 nitrogen and oxygen atoms in total. The third-order valence-corrected chi connectivity index (χ3v) is 6.03. The Morgan fingerprint density at radius 2 is 1.78 bits per heavy atom. The molecule has 0 saturated heterocycles. The zero-order valence-corrected chi connectivity index (χ0v) is 14.6. The van der Waals surface area contributed by atoms with Gasteiger partial charge in [-0.25, -0.2) is 8.42 Å². The van der Waals surface area contributed by atoms with Gasteiger partial charge in [0, 0.05) is 11.1 Å². The Balaban J connectivity index is 2.03. The van der Waals surface area contributed by atoms with Crippen molar-refractivity contribution < 1.29 is 17.9 Å². The van der Waals surface area contributed by atoms with Crippen molar-refractivity contribution in [2.24, 2.45) is 0 Å². The largest absolute Gasteiger partial charge is 0.454 e. The van der Waals surface area contributed by atoms with Crippen LogP contribution < -0.4 is 14.2 Å². The molecule has 23 heavy (non-hydrogen) atoms. The number of fused-ring (bicyclic) bond motifs is 1. The minimum Gasteiger partial charge on any atom is -0.454 e. The van der Waals surface area contributed by atoms with E-state index in [1.165, 1.54) is 0 Å². The Labute approximate surface area is 144 Å². The number of hydrogen-bond donors (Lipinski definition) is 1. The summed E-state index contributed by atoms with van der Waals surface area (Å²) in [5.74, 6) is 1.05. The highest BCUT2D eigenvalue weighted by Gasteiger charge is 2.25. The second kappa shape index (κ2) is 5.78. The number of sulfonamides is 1.